The number of likely N-dealkylation sites (N-methyl/N-ethyl adjacent to an activating group) is 1. The van der Waals surface area contributed by atoms with E-state index in [0.29, 0.717) is 13.0 Å². The smallest absolute Gasteiger partial charge is 0.243 e. The molecule has 0 aliphatic carbocycles. The number of pyridine rings is 1. The second kappa shape index (κ2) is 6.85. The van der Waals surface area contributed by atoms with Crippen molar-refractivity contribution in [2.45, 2.75) is 18.2 Å². The average molecular weight is 321 g/mol. The lowest BCUT2D eigenvalue weighted by atomic mass is 10.2. The summed E-state index contributed by atoms with van der Waals surface area (Å²) in [6.45, 7) is 1.98. The molecule has 1 amide bonds. The van der Waals surface area contributed by atoms with E-state index in [4.69, 9.17) is 0 Å². The van der Waals surface area contributed by atoms with Crippen LogP contribution in [0.4, 0.5) is 0 Å². The van der Waals surface area contributed by atoms with Crippen LogP contribution >= 0.6 is 0 Å². The molecular formula is C15H19N3O3S. The quantitative estimate of drug-likeness (QED) is 0.872. The summed E-state index contributed by atoms with van der Waals surface area (Å²) in [6.07, 6.45) is 2.29. The number of sulfonamides is 1. The van der Waals surface area contributed by atoms with Gasteiger partial charge in [-0.3, -0.25) is 9.78 Å². The van der Waals surface area contributed by atoms with Crippen LogP contribution in [0.1, 0.15) is 13.3 Å². The Bertz CT molecular complexity index is 774. The number of fused-ring (bicyclic) bond motifs is 1. The van der Waals surface area contributed by atoms with Crippen LogP contribution in [0, 0.1) is 0 Å². The summed E-state index contributed by atoms with van der Waals surface area (Å²) in [5, 5.41) is 3.20. The van der Waals surface area contributed by atoms with Gasteiger partial charge in [0.25, 0.3) is 0 Å². The highest BCUT2D eigenvalue weighted by Crippen LogP contribution is 2.20. The number of rotatable bonds is 6. The molecule has 2 aromatic rings. The first kappa shape index (κ1) is 16.4. The van der Waals surface area contributed by atoms with Crippen molar-refractivity contribution in [1.82, 2.24) is 14.6 Å². The topological polar surface area (TPSA) is 79.4 Å². The highest BCUT2D eigenvalue weighted by molar-refractivity contribution is 7.89. The Kier molecular flexibility index (Phi) is 5.10. The van der Waals surface area contributed by atoms with Gasteiger partial charge in [-0.15, -0.1) is 0 Å². The maximum Gasteiger partial charge on any atom is 0.243 e. The Balaban J connectivity index is 2.41. The maximum atomic E-state index is 12.7. The number of amides is 1. The van der Waals surface area contributed by atoms with Crippen LogP contribution in [0.2, 0.25) is 0 Å². The van der Waals surface area contributed by atoms with Crippen molar-refractivity contribution >= 4 is 26.8 Å². The number of hydrogen-bond acceptors (Lipinski definition) is 4. The van der Waals surface area contributed by atoms with E-state index in [1.54, 1.807) is 24.4 Å². The number of aromatic nitrogens is 1. The standard InChI is InChI=1S/C15H19N3O3S/c1-3-9-18(11-15(19)16-2)22(20,21)13-6-7-14-12(10-13)5-4-8-17-14/h4-8,10H,3,9,11H2,1-2H3,(H,16,19). The molecule has 0 aliphatic heterocycles. The third kappa shape index (κ3) is 3.42. The normalized spacial score (nSPS) is 11.8. The largest absolute Gasteiger partial charge is 0.358 e. The van der Waals surface area contributed by atoms with Crippen molar-refractivity contribution in [1.29, 1.82) is 0 Å². The van der Waals surface area contributed by atoms with Gasteiger partial charge in [0.05, 0.1) is 17.0 Å². The van der Waals surface area contributed by atoms with Crippen LogP contribution in [0.25, 0.3) is 10.9 Å². The lowest BCUT2D eigenvalue weighted by Gasteiger charge is -2.21. The SMILES string of the molecule is CCCN(CC(=O)NC)S(=O)(=O)c1ccc2ncccc2c1. The molecule has 118 valence electrons. The number of nitrogens with one attached hydrogen (secondary N) is 1. The first-order valence-corrected chi connectivity index (χ1v) is 8.48. The van der Waals surface area contributed by atoms with E-state index >= 15 is 0 Å². The van der Waals surface area contributed by atoms with Gasteiger partial charge < -0.3 is 5.32 Å². The van der Waals surface area contributed by atoms with E-state index in [1.165, 1.54) is 17.4 Å². The van der Waals surface area contributed by atoms with Gasteiger partial charge in [0.2, 0.25) is 15.9 Å². The van der Waals surface area contributed by atoms with Crippen LogP contribution < -0.4 is 5.32 Å². The molecular weight excluding hydrogens is 302 g/mol. The molecule has 22 heavy (non-hydrogen) atoms. The summed E-state index contributed by atoms with van der Waals surface area (Å²) in [4.78, 5) is 15.9. The van der Waals surface area contributed by atoms with Crippen molar-refractivity contribution in [2.24, 2.45) is 0 Å². The van der Waals surface area contributed by atoms with Crippen LogP contribution in [0.5, 0.6) is 0 Å². The molecule has 7 heteroatoms. The first-order chi connectivity index (χ1) is 10.5. The summed E-state index contributed by atoms with van der Waals surface area (Å²) in [6, 6.07) is 8.35. The predicted octanol–water partition coefficient (Wildman–Crippen LogP) is 1.38. The Morgan fingerprint density at radius 1 is 1.32 bits per heavy atom. The number of benzene rings is 1. The van der Waals surface area contributed by atoms with Crippen LogP contribution in [-0.2, 0) is 14.8 Å². The molecule has 1 aromatic heterocycles. The van der Waals surface area contributed by atoms with E-state index in [1.807, 2.05) is 13.0 Å². The molecule has 1 N–H and O–H groups in total. The molecule has 0 radical (unpaired) electrons. The highest BCUT2D eigenvalue weighted by atomic mass is 32.2. The summed E-state index contributed by atoms with van der Waals surface area (Å²) in [5.41, 5.74) is 0.731. The zero-order valence-electron chi connectivity index (χ0n) is 12.6. The Hall–Kier alpha value is -1.99. The third-order valence-corrected chi connectivity index (χ3v) is 5.13. The van der Waals surface area contributed by atoms with Gasteiger partial charge in [0.1, 0.15) is 0 Å². The molecule has 0 aliphatic rings. The average Bonchev–Trinajstić information content (AvgIpc) is 2.53. The number of hydrogen-bond donors (Lipinski definition) is 1. The highest BCUT2D eigenvalue weighted by Gasteiger charge is 2.25. The van der Waals surface area contributed by atoms with Gasteiger partial charge in [-0.25, -0.2) is 8.42 Å². The van der Waals surface area contributed by atoms with Crippen molar-refractivity contribution in [3.63, 3.8) is 0 Å². The van der Waals surface area contributed by atoms with Crippen molar-refractivity contribution < 1.29 is 13.2 Å². The van der Waals surface area contributed by atoms with E-state index in [9.17, 15) is 13.2 Å². The van der Waals surface area contributed by atoms with Gasteiger partial charge in [-0.2, -0.15) is 4.31 Å². The fourth-order valence-corrected chi connectivity index (χ4v) is 3.66. The molecule has 0 atom stereocenters. The van der Waals surface area contributed by atoms with Gasteiger partial charge >= 0.3 is 0 Å². The van der Waals surface area contributed by atoms with Gasteiger partial charge in [0, 0.05) is 25.2 Å². The molecule has 0 unspecified atom stereocenters. The Labute approximate surface area is 130 Å². The molecule has 1 heterocycles. The monoisotopic (exact) mass is 321 g/mol. The molecule has 2 rings (SSSR count). The first-order valence-electron chi connectivity index (χ1n) is 7.04. The van der Waals surface area contributed by atoms with E-state index in [0.717, 1.165) is 10.9 Å². The van der Waals surface area contributed by atoms with E-state index in [-0.39, 0.29) is 17.3 Å². The summed E-state index contributed by atoms with van der Waals surface area (Å²) < 4.78 is 26.7. The van der Waals surface area contributed by atoms with Gasteiger partial charge in [0.15, 0.2) is 0 Å². The lowest BCUT2D eigenvalue weighted by Crippen LogP contribution is -2.40. The Morgan fingerprint density at radius 2 is 2.09 bits per heavy atom. The zero-order chi connectivity index (χ0) is 16.2. The number of carbonyl (C=O) groups is 1. The molecule has 0 spiro atoms. The second-order valence-corrected chi connectivity index (χ2v) is 6.81. The van der Waals surface area contributed by atoms with E-state index in [2.05, 4.69) is 10.3 Å². The molecule has 0 saturated carbocycles. The Morgan fingerprint density at radius 3 is 2.77 bits per heavy atom. The minimum Gasteiger partial charge on any atom is -0.358 e. The fourth-order valence-electron chi connectivity index (χ4n) is 2.14. The van der Waals surface area contributed by atoms with Crippen LogP contribution in [0.15, 0.2) is 41.4 Å². The predicted molar refractivity (Wildman–Crippen MR) is 84.9 cm³/mol. The summed E-state index contributed by atoms with van der Waals surface area (Å²) >= 11 is 0. The fraction of sp³-hybridized carbons (Fsp3) is 0.333. The molecule has 0 fully saturated rings. The minimum absolute atomic E-state index is 0.172. The van der Waals surface area contributed by atoms with E-state index < -0.39 is 10.0 Å². The van der Waals surface area contributed by atoms with Crippen LogP contribution in [-0.4, -0.2) is 43.8 Å². The van der Waals surface area contributed by atoms with Crippen molar-refractivity contribution in [2.75, 3.05) is 20.1 Å². The summed E-state index contributed by atoms with van der Waals surface area (Å²) in [5.74, 6) is -0.334. The molecule has 0 bridgehead atoms. The maximum absolute atomic E-state index is 12.7. The number of nitrogens with zero attached hydrogens (tertiary/aromatic N) is 2. The molecule has 1 aromatic carbocycles. The molecule has 6 nitrogen and oxygen atoms in total. The number of carbonyl (C=O) groups excluding carboxylic acids is 1. The summed E-state index contributed by atoms with van der Waals surface area (Å²) in [7, 11) is -2.23. The van der Waals surface area contributed by atoms with Gasteiger partial charge in [-0.1, -0.05) is 13.0 Å². The second-order valence-electron chi connectivity index (χ2n) is 4.87. The zero-order valence-corrected chi connectivity index (χ0v) is 13.4. The van der Waals surface area contributed by atoms with Gasteiger partial charge in [-0.05, 0) is 30.7 Å². The third-order valence-electron chi connectivity index (χ3n) is 3.28. The van der Waals surface area contributed by atoms with Crippen molar-refractivity contribution in [3.8, 4) is 0 Å². The lowest BCUT2D eigenvalue weighted by molar-refractivity contribution is -0.120. The minimum atomic E-state index is -3.72. The van der Waals surface area contributed by atoms with Crippen LogP contribution in [0.3, 0.4) is 0 Å². The molecule has 0 saturated heterocycles. The van der Waals surface area contributed by atoms with Crippen molar-refractivity contribution in [3.05, 3.63) is 36.5 Å².